The SMILES string of the molecule is Cc1cccc(C(N)=NCC(C)C)n1. The summed E-state index contributed by atoms with van der Waals surface area (Å²) in [6.45, 7) is 6.92. The Labute approximate surface area is 85.1 Å². The second-order valence-corrected chi connectivity index (χ2v) is 3.78. The fraction of sp³-hybridized carbons (Fsp3) is 0.455. The number of aromatic nitrogens is 1. The van der Waals surface area contributed by atoms with E-state index < -0.39 is 0 Å². The number of hydrogen-bond donors (Lipinski definition) is 1. The predicted molar refractivity (Wildman–Crippen MR) is 59.4 cm³/mol. The predicted octanol–water partition coefficient (Wildman–Crippen LogP) is 1.75. The summed E-state index contributed by atoms with van der Waals surface area (Å²) in [5, 5.41) is 0. The Morgan fingerprint density at radius 3 is 2.79 bits per heavy atom. The van der Waals surface area contributed by atoms with Crippen molar-refractivity contribution in [3.8, 4) is 0 Å². The van der Waals surface area contributed by atoms with Crippen LogP contribution in [0.5, 0.6) is 0 Å². The number of aryl methyl sites for hydroxylation is 1. The maximum atomic E-state index is 5.80. The summed E-state index contributed by atoms with van der Waals surface area (Å²) in [6.07, 6.45) is 0. The second kappa shape index (κ2) is 4.74. The second-order valence-electron chi connectivity index (χ2n) is 3.78. The molecule has 2 N–H and O–H groups in total. The van der Waals surface area contributed by atoms with Crippen molar-refractivity contribution in [3.05, 3.63) is 29.6 Å². The highest BCUT2D eigenvalue weighted by atomic mass is 14.9. The molecule has 3 nitrogen and oxygen atoms in total. The lowest BCUT2D eigenvalue weighted by Gasteiger charge is -2.03. The van der Waals surface area contributed by atoms with Gasteiger partial charge in [-0.1, -0.05) is 19.9 Å². The first-order chi connectivity index (χ1) is 6.59. The lowest BCUT2D eigenvalue weighted by atomic mass is 10.2. The first-order valence-electron chi connectivity index (χ1n) is 4.83. The van der Waals surface area contributed by atoms with Gasteiger partial charge in [0.05, 0.1) is 0 Å². The number of aliphatic imine (C=N–C) groups is 1. The van der Waals surface area contributed by atoms with Crippen LogP contribution >= 0.6 is 0 Å². The van der Waals surface area contributed by atoms with Gasteiger partial charge in [-0.25, -0.2) is 4.98 Å². The molecule has 0 bridgehead atoms. The molecule has 0 aliphatic carbocycles. The van der Waals surface area contributed by atoms with E-state index in [1.54, 1.807) is 0 Å². The van der Waals surface area contributed by atoms with E-state index in [-0.39, 0.29) is 0 Å². The van der Waals surface area contributed by atoms with Gasteiger partial charge in [-0.2, -0.15) is 0 Å². The van der Waals surface area contributed by atoms with Gasteiger partial charge in [0.15, 0.2) is 0 Å². The summed E-state index contributed by atoms with van der Waals surface area (Å²) in [6, 6.07) is 5.76. The lowest BCUT2D eigenvalue weighted by molar-refractivity contribution is 0.665. The van der Waals surface area contributed by atoms with Crippen LogP contribution in [0.2, 0.25) is 0 Å². The molecule has 0 unspecified atom stereocenters. The fourth-order valence-corrected chi connectivity index (χ4v) is 1.05. The van der Waals surface area contributed by atoms with Crippen molar-refractivity contribution in [2.24, 2.45) is 16.6 Å². The summed E-state index contributed by atoms with van der Waals surface area (Å²) in [7, 11) is 0. The molecular formula is C11H17N3. The third kappa shape index (κ3) is 3.17. The van der Waals surface area contributed by atoms with Crippen molar-refractivity contribution in [2.45, 2.75) is 20.8 Å². The zero-order chi connectivity index (χ0) is 10.6. The van der Waals surface area contributed by atoms with E-state index in [9.17, 15) is 0 Å². The highest BCUT2D eigenvalue weighted by molar-refractivity contribution is 5.95. The monoisotopic (exact) mass is 191 g/mol. The number of pyridine rings is 1. The summed E-state index contributed by atoms with van der Waals surface area (Å²) in [5.74, 6) is 1.06. The molecule has 0 aromatic carbocycles. The number of nitrogens with zero attached hydrogens (tertiary/aromatic N) is 2. The Morgan fingerprint density at radius 1 is 1.50 bits per heavy atom. The maximum Gasteiger partial charge on any atom is 0.144 e. The van der Waals surface area contributed by atoms with E-state index >= 15 is 0 Å². The Morgan fingerprint density at radius 2 is 2.21 bits per heavy atom. The molecule has 1 rings (SSSR count). The van der Waals surface area contributed by atoms with Crippen LogP contribution in [-0.4, -0.2) is 17.4 Å². The Bertz CT molecular complexity index is 329. The van der Waals surface area contributed by atoms with E-state index in [2.05, 4.69) is 23.8 Å². The van der Waals surface area contributed by atoms with E-state index in [0.717, 1.165) is 17.9 Å². The largest absolute Gasteiger partial charge is 0.382 e. The van der Waals surface area contributed by atoms with E-state index in [0.29, 0.717) is 11.8 Å². The van der Waals surface area contributed by atoms with Crippen LogP contribution in [0.3, 0.4) is 0 Å². The van der Waals surface area contributed by atoms with Crippen LogP contribution in [0, 0.1) is 12.8 Å². The van der Waals surface area contributed by atoms with Crippen LogP contribution in [0.4, 0.5) is 0 Å². The molecule has 0 aliphatic rings. The van der Waals surface area contributed by atoms with Gasteiger partial charge in [-0.15, -0.1) is 0 Å². The van der Waals surface area contributed by atoms with Gasteiger partial charge < -0.3 is 5.73 Å². The standard InChI is InChI=1S/C11H17N3/c1-8(2)7-13-11(12)10-6-4-5-9(3)14-10/h4-6,8H,7H2,1-3H3,(H2,12,13). The van der Waals surface area contributed by atoms with Crippen molar-refractivity contribution < 1.29 is 0 Å². The molecule has 1 aromatic heterocycles. The van der Waals surface area contributed by atoms with Crippen molar-refractivity contribution >= 4 is 5.84 Å². The van der Waals surface area contributed by atoms with E-state index in [1.807, 2.05) is 25.1 Å². The van der Waals surface area contributed by atoms with Crippen molar-refractivity contribution in [3.63, 3.8) is 0 Å². The quantitative estimate of drug-likeness (QED) is 0.584. The van der Waals surface area contributed by atoms with Crippen molar-refractivity contribution in [2.75, 3.05) is 6.54 Å². The molecule has 1 heterocycles. The van der Waals surface area contributed by atoms with Gasteiger partial charge >= 0.3 is 0 Å². The molecule has 0 saturated heterocycles. The van der Waals surface area contributed by atoms with Crippen LogP contribution in [-0.2, 0) is 0 Å². The minimum Gasteiger partial charge on any atom is -0.382 e. The summed E-state index contributed by atoms with van der Waals surface area (Å²) in [4.78, 5) is 8.56. The Kier molecular flexibility index (Phi) is 3.63. The molecule has 76 valence electrons. The van der Waals surface area contributed by atoms with Gasteiger partial charge in [0.1, 0.15) is 11.5 Å². The molecule has 3 heteroatoms. The molecule has 0 fully saturated rings. The van der Waals surface area contributed by atoms with Crippen LogP contribution in [0.25, 0.3) is 0 Å². The third-order valence-electron chi connectivity index (χ3n) is 1.78. The number of nitrogens with two attached hydrogens (primary N) is 1. The van der Waals surface area contributed by atoms with Gasteiger partial charge in [0, 0.05) is 12.2 Å². The first kappa shape index (κ1) is 10.7. The average molecular weight is 191 g/mol. The molecule has 1 aromatic rings. The summed E-state index contributed by atoms with van der Waals surface area (Å²) >= 11 is 0. The van der Waals surface area contributed by atoms with Crippen LogP contribution < -0.4 is 5.73 Å². The van der Waals surface area contributed by atoms with Crippen LogP contribution in [0.1, 0.15) is 25.2 Å². The zero-order valence-electron chi connectivity index (χ0n) is 8.99. The van der Waals surface area contributed by atoms with E-state index in [1.165, 1.54) is 0 Å². The minimum absolute atomic E-state index is 0.526. The molecule has 0 amide bonds. The first-order valence-corrected chi connectivity index (χ1v) is 4.83. The summed E-state index contributed by atoms with van der Waals surface area (Å²) in [5.41, 5.74) is 7.53. The topological polar surface area (TPSA) is 51.3 Å². The maximum absolute atomic E-state index is 5.80. The lowest BCUT2D eigenvalue weighted by Crippen LogP contribution is -2.16. The molecule has 0 atom stereocenters. The summed E-state index contributed by atoms with van der Waals surface area (Å²) < 4.78 is 0. The normalized spacial score (nSPS) is 12.1. The van der Waals surface area contributed by atoms with Crippen molar-refractivity contribution in [1.82, 2.24) is 4.98 Å². The van der Waals surface area contributed by atoms with Gasteiger partial charge in [-0.3, -0.25) is 4.99 Å². The average Bonchev–Trinajstić information content (AvgIpc) is 2.14. The van der Waals surface area contributed by atoms with E-state index in [4.69, 9.17) is 5.73 Å². The number of rotatable bonds is 3. The molecular weight excluding hydrogens is 174 g/mol. The van der Waals surface area contributed by atoms with Gasteiger partial charge in [-0.05, 0) is 25.0 Å². The molecule has 14 heavy (non-hydrogen) atoms. The smallest absolute Gasteiger partial charge is 0.144 e. The van der Waals surface area contributed by atoms with Crippen LogP contribution in [0.15, 0.2) is 23.2 Å². The highest BCUT2D eigenvalue weighted by Gasteiger charge is 2.00. The van der Waals surface area contributed by atoms with Gasteiger partial charge in [0.2, 0.25) is 0 Å². The van der Waals surface area contributed by atoms with Gasteiger partial charge in [0.25, 0.3) is 0 Å². The Hall–Kier alpha value is -1.38. The third-order valence-corrected chi connectivity index (χ3v) is 1.78. The Balaban J connectivity index is 2.78. The zero-order valence-corrected chi connectivity index (χ0v) is 8.99. The number of amidine groups is 1. The van der Waals surface area contributed by atoms with Crippen molar-refractivity contribution in [1.29, 1.82) is 0 Å². The molecule has 0 radical (unpaired) electrons. The minimum atomic E-state index is 0.526. The molecule has 0 aliphatic heterocycles. The molecule has 0 spiro atoms. The highest BCUT2D eigenvalue weighted by Crippen LogP contribution is 1.99. The molecule has 0 saturated carbocycles. The fourth-order valence-electron chi connectivity index (χ4n) is 1.05. The number of hydrogen-bond acceptors (Lipinski definition) is 2.